The normalized spacial score (nSPS) is 16.9. The first-order chi connectivity index (χ1) is 15.0. The average molecular weight is 468 g/mol. The Morgan fingerprint density at radius 3 is 2.66 bits per heavy atom. The minimum Gasteiger partial charge on any atom is -0.740 e. The van der Waals surface area contributed by atoms with Gasteiger partial charge in [0.25, 0.3) is 0 Å². The lowest BCUT2D eigenvalue weighted by Crippen LogP contribution is -2.49. The van der Waals surface area contributed by atoms with Gasteiger partial charge in [-0.05, 0) is 63.0 Å². The topological polar surface area (TPSA) is 114 Å². The summed E-state index contributed by atoms with van der Waals surface area (Å²) in [6, 6.07) is 1.24. The molecule has 1 fully saturated rings. The van der Waals surface area contributed by atoms with Gasteiger partial charge in [-0.15, -0.1) is 0 Å². The van der Waals surface area contributed by atoms with E-state index in [1.54, 1.807) is 14.0 Å². The first kappa shape index (κ1) is 24.0. The van der Waals surface area contributed by atoms with Crippen LogP contribution in [0.3, 0.4) is 0 Å². The van der Waals surface area contributed by atoms with Crippen LogP contribution in [0.15, 0.2) is 24.5 Å². The van der Waals surface area contributed by atoms with Crippen LogP contribution in [0.4, 0.5) is 20.6 Å². The molecule has 1 atom stereocenters. The zero-order chi connectivity index (χ0) is 23.6. The number of benzene rings is 1. The zero-order valence-electron chi connectivity index (χ0n) is 18.6. The lowest BCUT2D eigenvalue weighted by molar-refractivity contribution is 0.243. The van der Waals surface area contributed by atoms with Crippen molar-refractivity contribution in [3.8, 4) is 0 Å². The SMILES string of the molecule is CCc1cc(NC(=O)N([O-])S(=O)(=O)N(CC2CCCN2C)c2cnn(C)c2)cc(C)c1F. The highest BCUT2D eigenvalue weighted by Crippen LogP contribution is 2.25. The van der Waals surface area contributed by atoms with E-state index in [4.69, 9.17) is 0 Å². The molecule has 0 radical (unpaired) electrons. The molecule has 1 unspecified atom stereocenters. The van der Waals surface area contributed by atoms with E-state index in [-0.39, 0.29) is 29.5 Å². The summed E-state index contributed by atoms with van der Waals surface area (Å²) >= 11 is 0. The monoisotopic (exact) mass is 467 g/mol. The number of likely N-dealkylation sites (tertiary alicyclic amines) is 1. The number of nitrogens with zero attached hydrogens (tertiary/aromatic N) is 5. The second-order valence-corrected chi connectivity index (χ2v) is 9.63. The van der Waals surface area contributed by atoms with Gasteiger partial charge in [-0.3, -0.25) is 9.15 Å². The number of aromatic nitrogens is 2. The van der Waals surface area contributed by atoms with Gasteiger partial charge in [0.05, 0.1) is 18.4 Å². The van der Waals surface area contributed by atoms with Gasteiger partial charge in [-0.2, -0.15) is 13.5 Å². The minimum atomic E-state index is -4.76. The Bertz CT molecular complexity index is 1090. The maximum atomic E-state index is 14.1. The largest absolute Gasteiger partial charge is 0.740 e. The number of amides is 2. The molecule has 1 aromatic carbocycles. The predicted octanol–water partition coefficient (Wildman–Crippen LogP) is 2.61. The molecule has 2 amide bonds. The molecule has 0 saturated carbocycles. The maximum absolute atomic E-state index is 14.1. The smallest absolute Gasteiger partial charge is 0.326 e. The lowest BCUT2D eigenvalue weighted by Gasteiger charge is -2.36. The number of anilines is 2. The minimum absolute atomic E-state index is 0.00614. The van der Waals surface area contributed by atoms with E-state index in [1.165, 1.54) is 36.1 Å². The number of likely N-dealkylation sites (N-methyl/N-ethyl adjacent to an activating group) is 1. The van der Waals surface area contributed by atoms with Crippen LogP contribution < -0.4 is 9.62 Å². The zero-order valence-corrected chi connectivity index (χ0v) is 19.4. The quantitative estimate of drug-likeness (QED) is 0.626. The highest BCUT2D eigenvalue weighted by atomic mass is 32.2. The number of halogens is 1. The molecule has 10 nitrogen and oxygen atoms in total. The predicted molar refractivity (Wildman–Crippen MR) is 120 cm³/mol. The Balaban J connectivity index is 1.86. The molecule has 0 bridgehead atoms. The Morgan fingerprint density at radius 2 is 2.09 bits per heavy atom. The van der Waals surface area contributed by atoms with Crippen LogP contribution in [0.1, 0.15) is 30.9 Å². The number of urea groups is 1. The molecule has 12 heteroatoms. The fraction of sp³-hybridized carbons (Fsp3) is 0.500. The van der Waals surface area contributed by atoms with E-state index >= 15 is 0 Å². The molecular weight excluding hydrogens is 439 g/mol. The van der Waals surface area contributed by atoms with Crippen LogP contribution in [0.25, 0.3) is 0 Å². The second kappa shape index (κ2) is 9.43. The van der Waals surface area contributed by atoms with E-state index in [0.29, 0.717) is 12.0 Å². The molecule has 0 spiro atoms. The second-order valence-electron chi connectivity index (χ2n) is 7.96. The van der Waals surface area contributed by atoms with Crippen LogP contribution in [-0.4, -0.2) is 59.8 Å². The van der Waals surface area contributed by atoms with Crippen LogP contribution in [0.2, 0.25) is 0 Å². The van der Waals surface area contributed by atoms with Crippen molar-refractivity contribution >= 4 is 27.6 Å². The molecule has 1 N–H and O–H groups in total. The van der Waals surface area contributed by atoms with Crippen LogP contribution in [0, 0.1) is 17.9 Å². The molecule has 32 heavy (non-hydrogen) atoms. The third-order valence-electron chi connectivity index (χ3n) is 5.64. The summed E-state index contributed by atoms with van der Waals surface area (Å²) in [5.41, 5.74) is 0.959. The van der Waals surface area contributed by atoms with E-state index in [0.717, 1.165) is 23.7 Å². The van der Waals surface area contributed by atoms with Gasteiger partial charge in [-0.1, -0.05) is 6.92 Å². The molecule has 0 aliphatic carbocycles. The van der Waals surface area contributed by atoms with E-state index < -0.39 is 26.5 Å². The number of nitrogens with one attached hydrogen (secondary N) is 1. The summed E-state index contributed by atoms with van der Waals surface area (Å²) in [5, 5.41) is 19.0. The summed E-state index contributed by atoms with van der Waals surface area (Å²) in [4.78, 5) is 14.6. The van der Waals surface area contributed by atoms with Crippen molar-refractivity contribution in [1.82, 2.24) is 19.1 Å². The molecule has 3 rings (SSSR count). The number of aryl methyl sites for hydroxylation is 3. The Labute approximate surface area is 187 Å². The Hall–Kier alpha value is -2.70. The summed E-state index contributed by atoms with van der Waals surface area (Å²) in [6.07, 6.45) is 4.85. The van der Waals surface area contributed by atoms with Gasteiger partial charge in [0, 0.05) is 25.0 Å². The Morgan fingerprint density at radius 1 is 1.38 bits per heavy atom. The van der Waals surface area contributed by atoms with Gasteiger partial charge in [0.2, 0.25) is 0 Å². The van der Waals surface area contributed by atoms with Gasteiger partial charge >= 0.3 is 16.2 Å². The Kier molecular flexibility index (Phi) is 7.06. The van der Waals surface area contributed by atoms with Crippen molar-refractivity contribution in [2.45, 2.75) is 39.2 Å². The van der Waals surface area contributed by atoms with E-state index in [9.17, 15) is 22.8 Å². The van der Waals surface area contributed by atoms with Crippen molar-refractivity contribution in [2.75, 3.05) is 29.8 Å². The summed E-state index contributed by atoms with van der Waals surface area (Å²) in [7, 11) is -1.25. The van der Waals surface area contributed by atoms with Crippen LogP contribution in [-0.2, 0) is 23.7 Å². The van der Waals surface area contributed by atoms with Crippen molar-refractivity contribution < 1.29 is 17.6 Å². The standard InChI is InChI=1S/C20H28FN6O4S/c1-5-15-10-16(9-14(2)19(15)21)23-20(28)27(29)32(30,31)26(18-11-22-25(4)12-18)13-17-7-6-8-24(17)3/h9-12,17H,5-8,13H2,1-4H3,(H,23,28)/q-1. The van der Waals surface area contributed by atoms with Gasteiger partial charge in [0.1, 0.15) is 5.82 Å². The van der Waals surface area contributed by atoms with Crippen molar-refractivity contribution in [1.29, 1.82) is 0 Å². The summed E-state index contributed by atoms with van der Waals surface area (Å²) in [5.74, 6) is -0.402. The fourth-order valence-corrected chi connectivity index (χ4v) is 4.96. The van der Waals surface area contributed by atoms with Crippen molar-refractivity contribution in [3.63, 3.8) is 0 Å². The highest BCUT2D eigenvalue weighted by molar-refractivity contribution is 7.91. The van der Waals surface area contributed by atoms with E-state index in [2.05, 4.69) is 10.4 Å². The molecule has 1 aliphatic rings. The fourth-order valence-electron chi connectivity index (χ4n) is 3.81. The number of carbonyl (C=O) groups excluding carboxylic acids is 1. The molecule has 2 heterocycles. The van der Waals surface area contributed by atoms with E-state index in [1.807, 2.05) is 11.9 Å². The lowest BCUT2D eigenvalue weighted by atomic mass is 10.1. The number of hydroxylamine groups is 1. The van der Waals surface area contributed by atoms with Gasteiger partial charge in [-0.25, -0.2) is 13.5 Å². The van der Waals surface area contributed by atoms with Crippen LogP contribution >= 0.6 is 0 Å². The van der Waals surface area contributed by atoms with Gasteiger partial charge in [0.15, 0.2) is 0 Å². The number of carbonyl (C=O) groups is 1. The maximum Gasteiger partial charge on any atom is 0.326 e. The highest BCUT2D eigenvalue weighted by Gasteiger charge is 2.33. The summed E-state index contributed by atoms with van der Waals surface area (Å²) in [6.45, 7) is 4.10. The molecule has 2 aromatic rings. The molecule has 1 aliphatic heterocycles. The van der Waals surface area contributed by atoms with Crippen LogP contribution in [0.5, 0.6) is 0 Å². The molecule has 1 aromatic heterocycles. The molecule has 1 saturated heterocycles. The van der Waals surface area contributed by atoms with Gasteiger partial charge < -0.3 is 15.4 Å². The number of rotatable bonds is 7. The molecule has 176 valence electrons. The molecular formula is C20H28FN6O4S-. The number of hydrogen-bond acceptors (Lipinski definition) is 6. The van der Waals surface area contributed by atoms with Crippen molar-refractivity contribution in [3.05, 3.63) is 46.7 Å². The first-order valence-electron chi connectivity index (χ1n) is 10.3. The third kappa shape index (κ3) is 4.87. The summed E-state index contributed by atoms with van der Waals surface area (Å²) < 4.78 is 42.2. The average Bonchev–Trinajstić information content (AvgIpc) is 3.35. The third-order valence-corrected chi connectivity index (χ3v) is 7.15. The number of hydrogen-bond donors (Lipinski definition) is 1. The first-order valence-corrected chi connectivity index (χ1v) is 11.7. The van der Waals surface area contributed by atoms with Crippen molar-refractivity contribution in [2.24, 2.45) is 7.05 Å².